The van der Waals surface area contributed by atoms with Gasteiger partial charge in [-0.1, -0.05) is 0 Å². The fraction of sp³-hybridized carbons (Fsp3) is 0.333. The Morgan fingerprint density at radius 1 is 1.07 bits per heavy atom. The van der Waals surface area contributed by atoms with Gasteiger partial charge in [0.2, 0.25) is 0 Å². The summed E-state index contributed by atoms with van der Waals surface area (Å²) in [7, 11) is 0. The minimum Gasteiger partial charge on any atom is -0.494 e. The molecule has 0 saturated carbocycles. The van der Waals surface area contributed by atoms with Crippen molar-refractivity contribution in [2.75, 3.05) is 43.0 Å². The Labute approximate surface area is 175 Å². The molecule has 0 spiro atoms. The van der Waals surface area contributed by atoms with Crippen LogP contribution in [0.4, 0.5) is 16.3 Å². The fourth-order valence-electron chi connectivity index (χ4n) is 3.32. The Hall–Kier alpha value is -3.62. The molecule has 1 aliphatic heterocycles. The summed E-state index contributed by atoms with van der Waals surface area (Å²) in [5, 5.41) is 7.34. The number of ether oxygens (including phenoxy) is 1. The number of aryl methyl sites for hydroxylation is 1. The quantitative estimate of drug-likeness (QED) is 0.700. The van der Waals surface area contributed by atoms with E-state index in [0.717, 1.165) is 28.8 Å². The molecule has 1 N–H and O–H groups in total. The highest BCUT2D eigenvalue weighted by Crippen LogP contribution is 2.18. The Bertz CT molecular complexity index is 995. The Morgan fingerprint density at radius 2 is 1.80 bits per heavy atom. The summed E-state index contributed by atoms with van der Waals surface area (Å²) >= 11 is 0. The molecule has 2 amide bonds. The van der Waals surface area contributed by atoms with Gasteiger partial charge >= 0.3 is 6.03 Å². The molecule has 1 saturated heterocycles. The molecule has 4 rings (SSSR count). The summed E-state index contributed by atoms with van der Waals surface area (Å²) in [6.07, 6.45) is 3.43. The first kappa shape index (κ1) is 19.7. The van der Waals surface area contributed by atoms with Gasteiger partial charge in [-0.15, -0.1) is 0 Å². The average molecular weight is 407 g/mol. The fourth-order valence-corrected chi connectivity index (χ4v) is 3.32. The van der Waals surface area contributed by atoms with Gasteiger partial charge in [-0.25, -0.2) is 19.4 Å². The number of piperazine rings is 1. The lowest BCUT2D eigenvalue weighted by atomic mass is 10.3. The van der Waals surface area contributed by atoms with Crippen LogP contribution >= 0.6 is 0 Å². The molecular formula is C21H25N7O2. The smallest absolute Gasteiger partial charge is 0.321 e. The lowest BCUT2D eigenvalue weighted by molar-refractivity contribution is 0.208. The number of anilines is 2. The number of carbonyl (C=O) groups excluding carboxylic acids is 1. The van der Waals surface area contributed by atoms with Crippen LogP contribution < -0.4 is 15.0 Å². The number of rotatable bonds is 5. The molecule has 1 aromatic carbocycles. The molecule has 1 fully saturated rings. The zero-order valence-electron chi connectivity index (χ0n) is 17.2. The maximum absolute atomic E-state index is 12.6. The molecule has 9 nitrogen and oxygen atoms in total. The van der Waals surface area contributed by atoms with Crippen LogP contribution in [0.1, 0.15) is 12.6 Å². The summed E-state index contributed by atoms with van der Waals surface area (Å²) in [6, 6.07) is 11.1. The topological polar surface area (TPSA) is 88.4 Å². The minimum absolute atomic E-state index is 0.103. The van der Waals surface area contributed by atoms with Crippen LogP contribution in [0.3, 0.4) is 0 Å². The SMILES string of the molecule is CCOc1ccc(NC(=O)N2CCN(c3cc(-n4ccc(C)n4)ncn3)CC2)cc1. The van der Waals surface area contributed by atoms with Crippen molar-refractivity contribution >= 4 is 17.5 Å². The number of amides is 2. The zero-order chi connectivity index (χ0) is 20.9. The van der Waals surface area contributed by atoms with Gasteiger partial charge in [0, 0.05) is 44.1 Å². The van der Waals surface area contributed by atoms with Crippen molar-refractivity contribution in [3.8, 4) is 11.6 Å². The van der Waals surface area contributed by atoms with Crippen LogP contribution in [-0.4, -0.2) is 63.5 Å². The van der Waals surface area contributed by atoms with Gasteiger partial charge < -0.3 is 19.9 Å². The van der Waals surface area contributed by atoms with Crippen molar-refractivity contribution in [3.63, 3.8) is 0 Å². The van der Waals surface area contributed by atoms with Crippen LogP contribution in [0.5, 0.6) is 5.75 Å². The first-order valence-electron chi connectivity index (χ1n) is 10.0. The molecule has 0 radical (unpaired) electrons. The van der Waals surface area contributed by atoms with E-state index < -0.39 is 0 Å². The predicted molar refractivity (Wildman–Crippen MR) is 114 cm³/mol. The molecule has 156 valence electrons. The Morgan fingerprint density at radius 3 is 2.47 bits per heavy atom. The number of hydrogen-bond acceptors (Lipinski definition) is 6. The first-order chi connectivity index (χ1) is 14.6. The second kappa shape index (κ2) is 8.81. The van der Waals surface area contributed by atoms with E-state index in [1.807, 2.05) is 61.3 Å². The van der Waals surface area contributed by atoms with Crippen molar-refractivity contribution in [2.45, 2.75) is 13.8 Å². The molecule has 0 unspecified atom stereocenters. The molecule has 9 heteroatoms. The number of nitrogens with one attached hydrogen (secondary N) is 1. The van der Waals surface area contributed by atoms with Gasteiger partial charge in [-0.05, 0) is 44.2 Å². The summed E-state index contributed by atoms with van der Waals surface area (Å²) in [6.45, 7) is 7.13. The van der Waals surface area contributed by atoms with Crippen molar-refractivity contribution in [2.24, 2.45) is 0 Å². The van der Waals surface area contributed by atoms with Gasteiger partial charge in [0.05, 0.1) is 12.3 Å². The zero-order valence-corrected chi connectivity index (χ0v) is 17.2. The van der Waals surface area contributed by atoms with E-state index in [1.165, 1.54) is 0 Å². The minimum atomic E-state index is -0.103. The highest BCUT2D eigenvalue weighted by atomic mass is 16.5. The van der Waals surface area contributed by atoms with Crippen molar-refractivity contribution < 1.29 is 9.53 Å². The van der Waals surface area contributed by atoms with Gasteiger partial charge in [-0.3, -0.25) is 0 Å². The molecule has 0 atom stereocenters. The van der Waals surface area contributed by atoms with E-state index in [4.69, 9.17) is 4.74 Å². The summed E-state index contributed by atoms with van der Waals surface area (Å²) in [5.74, 6) is 2.35. The molecular weight excluding hydrogens is 382 g/mol. The van der Waals surface area contributed by atoms with E-state index in [0.29, 0.717) is 32.8 Å². The second-order valence-corrected chi connectivity index (χ2v) is 7.00. The number of nitrogens with zero attached hydrogens (tertiary/aromatic N) is 6. The Balaban J connectivity index is 1.34. The predicted octanol–water partition coefficient (Wildman–Crippen LogP) is 2.72. The lowest BCUT2D eigenvalue weighted by Gasteiger charge is -2.35. The van der Waals surface area contributed by atoms with Crippen LogP contribution in [0.25, 0.3) is 5.82 Å². The average Bonchev–Trinajstić information content (AvgIpc) is 3.22. The van der Waals surface area contributed by atoms with E-state index in [1.54, 1.807) is 11.0 Å². The van der Waals surface area contributed by atoms with Crippen LogP contribution in [-0.2, 0) is 0 Å². The number of hydrogen-bond donors (Lipinski definition) is 1. The molecule has 3 aromatic rings. The molecule has 30 heavy (non-hydrogen) atoms. The standard InChI is InChI=1S/C21H25N7O2/c1-3-30-18-6-4-17(5-7-18)24-21(29)27-12-10-26(11-13-27)19-14-20(23-15-22-19)28-9-8-16(2)25-28/h4-9,14-15H,3,10-13H2,1-2H3,(H,24,29). The maximum atomic E-state index is 12.6. The molecule has 0 aliphatic carbocycles. The monoisotopic (exact) mass is 407 g/mol. The summed E-state index contributed by atoms with van der Waals surface area (Å²) in [4.78, 5) is 25.3. The second-order valence-electron chi connectivity index (χ2n) is 7.00. The maximum Gasteiger partial charge on any atom is 0.321 e. The highest BCUT2D eigenvalue weighted by molar-refractivity contribution is 5.89. The largest absolute Gasteiger partial charge is 0.494 e. The molecule has 0 bridgehead atoms. The van der Waals surface area contributed by atoms with E-state index in [-0.39, 0.29) is 6.03 Å². The van der Waals surface area contributed by atoms with Crippen LogP contribution in [0.15, 0.2) is 48.9 Å². The van der Waals surface area contributed by atoms with Crippen molar-refractivity contribution in [3.05, 3.63) is 54.6 Å². The van der Waals surface area contributed by atoms with E-state index >= 15 is 0 Å². The number of aromatic nitrogens is 4. The van der Waals surface area contributed by atoms with Crippen molar-refractivity contribution in [1.82, 2.24) is 24.6 Å². The number of carbonyl (C=O) groups is 1. The molecule has 1 aliphatic rings. The summed E-state index contributed by atoms with van der Waals surface area (Å²) in [5.41, 5.74) is 1.68. The molecule has 3 heterocycles. The third-order valence-electron chi connectivity index (χ3n) is 4.90. The first-order valence-corrected chi connectivity index (χ1v) is 10.0. The van der Waals surface area contributed by atoms with E-state index in [2.05, 4.69) is 25.3 Å². The number of urea groups is 1. The van der Waals surface area contributed by atoms with E-state index in [9.17, 15) is 4.79 Å². The lowest BCUT2D eigenvalue weighted by Crippen LogP contribution is -2.50. The normalized spacial score (nSPS) is 13.9. The van der Waals surface area contributed by atoms with Gasteiger partial charge in [0.25, 0.3) is 0 Å². The third kappa shape index (κ3) is 4.51. The number of benzene rings is 1. The molecule has 2 aromatic heterocycles. The highest BCUT2D eigenvalue weighted by Gasteiger charge is 2.22. The van der Waals surface area contributed by atoms with Gasteiger partial charge in [0.15, 0.2) is 5.82 Å². The van der Waals surface area contributed by atoms with Crippen LogP contribution in [0, 0.1) is 6.92 Å². The third-order valence-corrected chi connectivity index (χ3v) is 4.90. The van der Waals surface area contributed by atoms with Crippen molar-refractivity contribution in [1.29, 1.82) is 0 Å². The van der Waals surface area contributed by atoms with Gasteiger partial charge in [-0.2, -0.15) is 5.10 Å². The van der Waals surface area contributed by atoms with Gasteiger partial charge in [0.1, 0.15) is 17.9 Å². The van der Waals surface area contributed by atoms with Crippen LogP contribution in [0.2, 0.25) is 0 Å². The summed E-state index contributed by atoms with van der Waals surface area (Å²) < 4.78 is 7.17. The Kier molecular flexibility index (Phi) is 5.78.